The van der Waals surface area contributed by atoms with Crippen LogP contribution in [0.15, 0.2) is 28.2 Å². The van der Waals surface area contributed by atoms with Gasteiger partial charge in [0.15, 0.2) is 5.96 Å². The summed E-state index contributed by atoms with van der Waals surface area (Å²) in [4.78, 5) is 21.0. The van der Waals surface area contributed by atoms with Gasteiger partial charge >= 0.3 is 5.97 Å². The molecule has 0 amide bonds. The number of anilines is 1. The highest BCUT2D eigenvalue weighted by molar-refractivity contribution is 5.97. The molecule has 0 saturated carbocycles. The Morgan fingerprint density at radius 3 is 2.43 bits per heavy atom. The number of nitrogens with two attached hydrogens (primary N) is 3. The topological polar surface area (TPSA) is 143 Å². The fraction of sp³-hybridized carbons (Fsp3) is 0.308. The van der Waals surface area contributed by atoms with Crippen LogP contribution >= 0.6 is 0 Å². The molecule has 0 atom stereocenters. The molecule has 0 aromatic heterocycles. The molecule has 1 saturated heterocycles. The molecule has 0 bridgehead atoms. The largest absolute Gasteiger partial charge is 0.478 e. The minimum atomic E-state index is -1.01. The van der Waals surface area contributed by atoms with Gasteiger partial charge in [0.2, 0.25) is 5.96 Å². The molecule has 0 aliphatic carbocycles. The second-order valence-corrected chi connectivity index (χ2v) is 4.71. The highest BCUT2D eigenvalue weighted by Gasteiger charge is 2.19. The van der Waals surface area contributed by atoms with Crippen LogP contribution in [-0.4, -0.2) is 36.1 Å². The molecular weight excluding hydrogens is 272 g/mol. The molecule has 1 aliphatic rings. The first-order valence-corrected chi connectivity index (χ1v) is 6.53. The molecule has 1 fully saturated rings. The standard InChI is InChI=1S/C13H18N6O2/c14-12(15)18-13(16)17-8-3-4-10(9(7-8)11(20)21)19-5-1-2-6-19/h3-4,7H,1-2,5-6H2,(H,20,21)(H6,14,15,16,17,18). The number of hydrogen-bond acceptors (Lipinski definition) is 3. The monoisotopic (exact) mass is 290 g/mol. The lowest BCUT2D eigenvalue weighted by atomic mass is 10.1. The Morgan fingerprint density at radius 2 is 1.86 bits per heavy atom. The van der Waals surface area contributed by atoms with Gasteiger partial charge in [0.25, 0.3) is 0 Å². The average molecular weight is 290 g/mol. The van der Waals surface area contributed by atoms with E-state index in [0.29, 0.717) is 11.4 Å². The maximum absolute atomic E-state index is 11.4. The van der Waals surface area contributed by atoms with E-state index in [1.807, 2.05) is 0 Å². The van der Waals surface area contributed by atoms with E-state index in [9.17, 15) is 9.90 Å². The summed E-state index contributed by atoms with van der Waals surface area (Å²) in [6.45, 7) is 1.72. The van der Waals surface area contributed by atoms with Crippen LogP contribution in [0, 0.1) is 0 Å². The first kappa shape index (κ1) is 14.6. The Kier molecular flexibility index (Phi) is 4.27. The number of carboxylic acid groups (broad SMARTS) is 1. The molecule has 1 aromatic rings. The number of aromatic carboxylic acids is 1. The molecular formula is C13H18N6O2. The second kappa shape index (κ2) is 6.12. The lowest BCUT2D eigenvalue weighted by Gasteiger charge is -2.20. The van der Waals surface area contributed by atoms with Crippen molar-refractivity contribution in [3.63, 3.8) is 0 Å². The van der Waals surface area contributed by atoms with Gasteiger partial charge in [-0.25, -0.2) is 9.79 Å². The molecule has 1 aliphatic heterocycles. The number of carbonyl (C=O) groups is 1. The first-order chi connectivity index (χ1) is 9.97. The van der Waals surface area contributed by atoms with E-state index in [4.69, 9.17) is 17.2 Å². The van der Waals surface area contributed by atoms with Crippen LogP contribution < -0.4 is 22.1 Å². The minimum Gasteiger partial charge on any atom is -0.478 e. The Hall–Kier alpha value is -2.77. The molecule has 0 spiro atoms. The first-order valence-electron chi connectivity index (χ1n) is 6.53. The van der Waals surface area contributed by atoms with Crippen molar-refractivity contribution in [1.82, 2.24) is 0 Å². The molecule has 2 rings (SSSR count). The SMILES string of the molecule is NC(N)=NC(N)=Nc1ccc(N2CCCC2)c(C(=O)O)c1. The highest BCUT2D eigenvalue weighted by Crippen LogP contribution is 2.28. The third-order valence-electron chi connectivity index (χ3n) is 3.14. The lowest BCUT2D eigenvalue weighted by Crippen LogP contribution is -2.26. The fourth-order valence-electron chi connectivity index (χ4n) is 2.29. The number of aliphatic imine (C=N–C) groups is 2. The second-order valence-electron chi connectivity index (χ2n) is 4.71. The van der Waals surface area contributed by atoms with Gasteiger partial charge in [-0.3, -0.25) is 0 Å². The van der Waals surface area contributed by atoms with Gasteiger partial charge in [-0.15, -0.1) is 0 Å². The van der Waals surface area contributed by atoms with Gasteiger partial charge in [0.1, 0.15) is 0 Å². The molecule has 8 nitrogen and oxygen atoms in total. The minimum absolute atomic E-state index is 0.125. The smallest absolute Gasteiger partial charge is 0.337 e. The Balaban J connectivity index is 2.36. The Labute approximate surface area is 122 Å². The van der Waals surface area contributed by atoms with Crippen LogP contribution in [0.1, 0.15) is 23.2 Å². The van der Waals surface area contributed by atoms with Crippen molar-refractivity contribution in [2.24, 2.45) is 27.2 Å². The highest BCUT2D eigenvalue weighted by atomic mass is 16.4. The third kappa shape index (κ3) is 3.62. The van der Waals surface area contributed by atoms with Crippen LogP contribution in [0.3, 0.4) is 0 Å². The quantitative estimate of drug-likeness (QED) is 0.462. The van der Waals surface area contributed by atoms with E-state index in [0.717, 1.165) is 25.9 Å². The molecule has 0 unspecified atom stereocenters. The number of nitrogens with zero attached hydrogens (tertiary/aromatic N) is 3. The third-order valence-corrected chi connectivity index (χ3v) is 3.14. The number of benzene rings is 1. The summed E-state index contributed by atoms with van der Waals surface area (Å²) in [7, 11) is 0. The van der Waals surface area contributed by atoms with E-state index in [2.05, 4.69) is 14.9 Å². The van der Waals surface area contributed by atoms with Crippen LogP contribution in [-0.2, 0) is 0 Å². The fourth-order valence-corrected chi connectivity index (χ4v) is 2.29. The zero-order chi connectivity index (χ0) is 15.4. The molecule has 7 N–H and O–H groups in total. The van der Waals surface area contributed by atoms with Crippen molar-refractivity contribution < 1.29 is 9.90 Å². The molecule has 112 valence electrons. The van der Waals surface area contributed by atoms with Crippen molar-refractivity contribution in [1.29, 1.82) is 0 Å². The molecule has 1 aromatic carbocycles. The molecule has 8 heteroatoms. The van der Waals surface area contributed by atoms with Gasteiger partial charge in [-0.1, -0.05) is 0 Å². The van der Waals surface area contributed by atoms with E-state index in [1.165, 1.54) is 6.07 Å². The van der Waals surface area contributed by atoms with E-state index in [-0.39, 0.29) is 17.5 Å². The van der Waals surface area contributed by atoms with Crippen LogP contribution in [0.5, 0.6) is 0 Å². The Bertz CT molecular complexity index is 601. The van der Waals surface area contributed by atoms with E-state index >= 15 is 0 Å². The summed E-state index contributed by atoms with van der Waals surface area (Å²) in [6.07, 6.45) is 2.13. The zero-order valence-electron chi connectivity index (χ0n) is 11.5. The molecule has 1 heterocycles. The Morgan fingerprint density at radius 1 is 1.19 bits per heavy atom. The average Bonchev–Trinajstić information content (AvgIpc) is 2.91. The van der Waals surface area contributed by atoms with Gasteiger partial charge in [0.05, 0.1) is 16.9 Å². The van der Waals surface area contributed by atoms with Crippen molar-refractivity contribution in [3.05, 3.63) is 23.8 Å². The van der Waals surface area contributed by atoms with Crippen molar-refractivity contribution in [2.45, 2.75) is 12.8 Å². The molecule has 21 heavy (non-hydrogen) atoms. The van der Waals surface area contributed by atoms with Gasteiger partial charge in [-0.05, 0) is 31.0 Å². The summed E-state index contributed by atoms with van der Waals surface area (Å²) in [6, 6.07) is 4.89. The van der Waals surface area contributed by atoms with Crippen LogP contribution in [0.25, 0.3) is 0 Å². The van der Waals surface area contributed by atoms with Gasteiger partial charge in [0, 0.05) is 13.1 Å². The zero-order valence-corrected chi connectivity index (χ0v) is 11.5. The predicted octanol–water partition coefficient (Wildman–Crippen LogP) is 0.205. The van der Waals surface area contributed by atoms with Gasteiger partial charge < -0.3 is 27.2 Å². The summed E-state index contributed by atoms with van der Waals surface area (Å²) in [5.74, 6) is -1.34. The summed E-state index contributed by atoms with van der Waals surface area (Å²) in [5.41, 5.74) is 17.2. The maximum Gasteiger partial charge on any atom is 0.337 e. The summed E-state index contributed by atoms with van der Waals surface area (Å²) in [5, 5.41) is 9.36. The van der Waals surface area contributed by atoms with E-state index in [1.54, 1.807) is 12.1 Å². The summed E-state index contributed by atoms with van der Waals surface area (Å²) >= 11 is 0. The predicted molar refractivity (Wildman–Crippen MR) is 81.9 cm³/mol. The number of carboxylic acids is 1. The summed E-state index contributed by atoms with van der Waals surface area (Å²) < 4.78 is 0. The molecule has 0 radical (unpaired) electrons. The van der Waals surface area contributed by atoms with Gasteiger partial charge in [-0.2, -0.15) is 4.99 Å². The number of hydrogen-bond donors (Lipinski definition) is 4. The van der Waals surface area contributed by atoms with Crippen LogP contribution in [0.4, 0.5) is 11.4 Å². The van der Waals surface area contributed by atoms with Crippen LogP contribution in [0.2, 0.25) is 0 Å². The normalized spacial score (nSPS) is 15.0. The van der Waals surface area contributed by atoms with Crippen molar-refractivity contribution >= 4 is 29.3 Å². The number of rotatable bonds is 3. The van der Waals surface area contributed by atoms with Crippen molar-refractivity contribution in [3.8, 4) is 0 Å². The number of guanidine groups is 2. The maximum atomic E-state index is 11.4. The van der Waals surface area contributed by atoms with E-state index < -0.39 is 5.97 Å². The van der Waals surface area contributed by atoms with Crippen molar-refractivity contribution in [2.75, 3.05) is 18.0 Å². The lowest BCUT2D eigenvalue weighted by molar-refractivity contribution is 0.0697.